The Morgan fingerprint density at radius 1 is 1.35 bits per heavy atom. The van der Waals surface area contributed by atoms with Crippen LogP contribution in [-0.2, 0) is 18.3 Å². The van der Waals surface area contributed by atoms with Crippen molar-refractivity contribution in [2.24, 2.45) is 12.5 Å². The minimum absolute atomic E-state index is 0.0103. The van der Waals surface area contributed by atoms with Crippen molar-refractivity contribution in [3.05, 3.63) is 17.0 Å². The number of aromatic nitrogens is 2. The van der Waals surface area contributed by atoms with Crippen molar-refractivity contribution in [1.29, 1.82) is 0 Å². The molecule has 114 valence electrons. The Kier molecular flexibility index (Phi) is 5.74. The summed E-state index contributed by atoms with van der Waals surface area (Å²) >= 11 is 0. The van der Waals surface area contributed by atoms with Gasteiger partial charge < -0.3 is 10.4 Å². The largest absolute Gasteiger partial charge is 0.396 e. The molecule has 0 saturated heterocycles. The van der Waals surface area contributed by atoms with E-state index in [0.717, 1.165) is 29.8 Å². The highest BCUT2D eigenvalue weighted by Gasteiger charge is 2.26. The van der Waals surface area contributed by atoms with E-state index < -0.39 is 0 Å². The molecular weight excluding hydrogens is 254 g/mol. The fraction of sp³-hybridized carbons (Fsp3) is 0.733. The molecule has 0 aliphatic carbocycles. The van der Waals surface area contributed by atoms with Crippen LogP contribution >= 0.6 is 0 Å². The molecule has 1 heterocycles. The number of aryl methyl sites for hydroxylation is 2. The van der Waals surface area contributed by atoms with Crippen molar-refractivity contribution >= 4 is 5.91 Å². The van der Waals surface area contributed by atoms with Crippen molar-refractivity contribution < 1.29 is 9.90 Å². The monoisotopic (exact) mass is 281 g/mol. The van der Waals surface area contributed by atoms with Gasteiger partial charge >= 0.3 is 0 Å². The molecule has 5 heteroatoms. The van der Waals surface area contributed by atoms with Gasteiger partial charge in [0.15, 0.2) is 0 Å². The van der Waals surface area contributed by atoms with Crippen LogP contribution in [0.15, 0.2) is 0 Å². The van der Waals surface area contributed by atoms with Crippen LogP contribution in [0.2, 0.25) is 0 Å². The third-order valence-electron chi connectivity index (χ3n) is 4.49. The Morgan fingerprint density at radius 2 is 1.95 bits per heavy atom. The molecule has 20 heavy (non-hydrogen) atoms. The second-order valence-electron chi connectivity index (χ2n) is 5.59. The number of nitrogens with zero attached hydrogens (tertiary/aromatic N) is 2. The molecule has 1 aromatic heterocycles. The fourth-order valence-electron chi connectivity index (χ4n) is 2.36. The zero-order chi connectivity index (χ0) is 15.3. The molecule has 0 saturated carbocycles. The topological polar surface area (TPSA) is 67.2 Å². The van der Waals surface area contributed by atoms with Crippen molar-refractivity contribution in [3.63, 3.8) is 0 Å². The van der Waals surface area contributed by atoms with Gasteiger partial charge in [0.05, 0.1) is 18.7 Å². The van der Waals surface area contributed by atoms with E-state index in [4.69, 9.17) is 0 Å². The molecule has 0 fully saturated rings. The SMILES string of the molecule is CCC(CC)(CO)CNC(=O)Cc1c(C)nn(C)c1C. The van der Waals surface area contributed by atoms with Gasteiger partial charge in [0, 0.05) is 30.3 Å². The van der Waals surface area contributed by atoms with Gasteiger partial charge in [-0.3, -0.25) is 9.48 Å². The lowest BCUT2D eigenvalue weighted by molar-refractivity contribution is -0.121. The van der Waals surface area contributed by atoms with Crippen LogP contribution in [0.5, 0.6) is 0 Å². The molecule has 0 aliphatic heterocycles. The Hall–Kier alpha value is -1.36. The van der Waals surface area contributed by atoms with E-state index in [1.165, 1.54) is 0 Å². The molecular formula is C15H27N3O2. The highest BCUT2D eigenvalue weighted by Crippen LogP contribution is 2.24. The summed E-state index contributed by atoms with van der Waals surface area (Å²) in [6.07, 6.45) is 2.05. The van der Waals surface area contributed by atoms with E-state index in [9.17, 15) is 9.90 Å². The lowest BCUT2D eigenvalue weighted by Crippen LogP contribution is -2.40. The van der Waals surface area contributed by atoms with Crippen LogP contribution in [-0.4, -0.2) is 33.9 Å². The molecule has 1 amide bonds. The summed E-state index contributed by atoms with van der Waals surface area (Å²) in [5.74, 6) is -0.0103. The van der Waals surface area contributed by atoms with E-state index in [1.807, 2.05) is 34.7 Å². The molecule has 0 bridgehead atoms. The van der Waals surface area contributed by atoms with Crippen LogP contribution in [0.4, 0.5) is 0 Å². The summed E-state index contributed by atoms with van der Waals surface area (Å²) in [5.41, 5.74) is 2.72. The minimum Gasteiger partial charge on any atom is -0.396 e. The van der Waals surface area contributed by atoms with Crippen molar-refractivity contribution in [3.8, 4) is 0 Å². The van der Waals surface area contributed by atoms with Gasteiger partial charge in [-0.1, -0.05) is 13.8 Å². The van der Waals surface area contributed by atoms with Crippen molar-refractivity contribution in [2.45, 2.75) is 47.0 Å². The van der Waals surface area contributed by atoms with Crippen LogP contribution < -0.4 is 5.32 Å². The highest BCUT2D eigenvalue weighted by atomic mass is 16.3. The molecule has 1 rings (SSSR count). The van der Waals surface area contributed by atoms with Gasteiger partial charge in [-0.25, -0.2) is 0 Å². The maximum atomic E-state index is 12.1. The molecule has 5 nitrogen and oxygen atoms in total. The molecule has 0 atom stereocenters. The number of nitrogens with one attached hydrogen (secondary N) is 1. The van der Waals surface area contributed by atoms with Gasteiger partial charge in [0.1, 0.15) is 0 Å². The van der Waals surface area contributed by atoms with Gasteiger partial charge in [0.2, 0.25) is 5.91 Å². The first-order valence-electron chi connectivity index (χ1n) is 7.25. The second kappa shape index (κ2) is 6.88. The predicted octanol–water partition coefficient (Wildman–Crippen LogP) is 1.49. The zero-order valence-corrected chi connectivity index (χ0v) is 13.3. The molecule has 0 spiro atoms. The third kappa shape index (κ3) is 3.60. The number of hydrogen-bond donors (Lipinski definition) is 2. The van der Waals surface area contributed by atoms with Crippen LogP contribution in [0.25, 0.3) is 0 Å². The number of rotatable bonds is 7. The lowest BCUT2D eigenvalue weighted by atomic mass is 9.83. The molecule has 0 aliphatic rings. The van der Waals surface area contributed by atoms with Crippen LogP contribution in [0.1, 0.15) is 43.6 Å². The Balaban J connectivity index is 2.64. The van der Waals surface area contributed by atoms with E-state index in [-0.39, 0.29) is 17.9 Å². The van der Waals surface area contributed by atoms with Gasteiger partial charge in [-0.05, 0) is 26.7 Å². The van der Waals surface area contributed by atoms with Crippen molar-refractivity contribution in [2.75, 3.05) is 13.2 Å². The summed E-state index contributed by atoms with van der Waals surface area (Å²) < 4.78 is 1.80. The van der Waals surface area contributed by atoms with Gasteiger partial charge in [-0.2, -0.15) is 5.10 Å². The van der Waals surface area contributed by atoms with E-state index in [2.05, 4.69) is 10.4 Å². The first kappa shape index (κ1) is 16.7. The van der Waals surface area contributed by atoms with E-state index in [0.29, 0.717) is 13.0 Å². The number of aliphatic hydroxyl groups excluding tert-OH is 1. The molecule has 1 aromatic rings. The average molecular weight is 281 g/mol. The summed E-state index contributed by atoms with van der Waals surface area (Å²) in [7, 11) is 1.88. The van der Waals surface area contributed by atoms with Gasteiger partial charge in [0.25, 0.3) is 0 Å². The third-order valence-corrected chi connectivity index (χ3v) is 4.49. The fourth-order valence-corrected chi connectivity index (χ4v) is 2.36. The number of carbonyl (C=O) groups is 1. The Bertz CT molecular complexity index is 454. The van der Waals surface area contributed by atoms with E-state index in [1.54, 1.807) is 4.68 Å². The minimum atomic E-state index is -0.200. The number of aliphatic hydroxyl groups is 1. The average Bonchev–Trinajstić information content (AvgIpc) is 2.67. The smallest absolute Gasteiger partial charge is 0.224 e. The maximum absolute atomic E-state index is 12.1. The quantitative estimate of drug-likeness (QED) is 0.796. The zero-order valence-electron chi connectivity index (χ0n) is 13.3. The second-order valence-corrected chi connectivity index (χ2v) is 5.59. The summed E-state index contributed by atoms with van der Waals surface area (Å²) in [6, 6.07) is 0. The highest BCUT2D eigenvalue weighted by molar-refractivity contribution is 5.79. The lowest BCUT2D eigenvalue weighted by Gasteiger charge is -2.29. The number of hydrogen-bond acceptors (Lipinski definition) is 3. The predicted molar refractivity (Wildman–Crippen MR) is 79.5 cm³/mol. The first-order valence-corrected chi connectivity index (χ1v) is 7.25. The van der Waals surface area contributed by atoms with Crippen molar-refractivity contribution in [1.82, 2.24) is 15.1 Å². The summed E-state index contributed by atoms with van der Waals surface area (Å²) in [4.78, 5) is 12.1. The standard InChI is InChI=1S/C15H27N3O2/c1-6-15(7-2,10-19)9-16-14(20)8-13-11(3)17-18(5)12(13)4/h19H,6-10H2,1-5H3,(H,16,20). The van der Waals surface area contributed by atoms with Crippen LogP contribution in [0.3, 0.4) is 0 Å². The Labute approximate surface area is 121 Å². The first-order chi connectivity index (χ1) is 9.39. The normalized spacial score (nSPS) is 11.7. The maximum Gasteiger partial charge on any atom is 0.224 e. The van der Waals surface area contributed by atoms with Crippen LogP contribution in [0, 0.1) is 19.3 Å². The summed E-state index contributed by atoms with van der Waals surface area (Å²) in [5, 5.41) is 16.8. The molecule has 0 radical (unpaired) electrons. The molecule has 0 aromatic carbocycles. The van der Waals surface area contributed by atoms with Gasteiger partial charge in [-0.15, -0.1) is 0 Å². The Morgan fingerprint density at radius 3 is 2.35 bits per heavy atom. The molecule has 2 N–H and O–H groups in total. The number of amides is 1. The van der Waals surface area contributed by atoms with E-state index >= 15 is 0 Å². The number of carbonyl (C=O) groups excluding carboxylic acids is 1. The summed E-state index contributed by atoms with van der Waals surface area (Å²) in [6.45, 7) is 8.60. The molecule has 0 unspecified atom stereocenters.